The summed E-state index contributed by atoms with van der Waals surface area (Å²) in [6, 6.07) is 8.06. The highest BCUT2D eigenvalue weighted by atomic mass is 32.1. The molecule has 4 saturated heterocycles. The normalized spacial score (nSPS) is 29.5. The number of aliphatic hydroxyl groups is 2. The predicted octanol–water partition coefficient (Wildman–Crippen LogP) is 13.5. The molecule has 2 N–H and O–H groups in total. The van der Waals surface area contributed by atoms with Crippen molar-refractivity contribution >= 4 is 70.4 Å². The Morgan fingerprint density at radius 3 is 1.17 bits per heavy atom. The van der Waals surface area contributed by atoms with Gasteiger partial charge in [0.05, 0.1) is 67.1 Å². The van der Waals surface area contributed by atoms with E-state index in [1.165, 1.54) is 19.8 Å². The Labute approximate surface area is 588 Å². The summed E-state index contributed by atoms with van der Waals surface area (Å²) in [5.74, 6) is -0.370. The Morgan fingerprint density at radius 2 is 0.837 bits per heavy atom. The molecule has 98 heavy (non-hydrogen) atoms. The van der Waals surface area contributed by atoms with E-state index in [1.54, 1.807) is 50.4 Å². The van der Waals surface area contributed by atoms with Crippen molar-refractivity contribution in [2.24, 2.45) is 39.9 Å². The first kappa shape index (κ1) is 79.5. The van der Waals surface area contributed by atoms with Gasteiger partial charge in [-0.05, 0) is 192 Å². The average molecular weight is 1410 g/mol. The van der Waals surface area contributed by atoms with Crippen LogP contribution < -0.4 is 0 Å². The van der Waals surface area contributed by atoms with Crippen LogP contribution >= 0.6 is 22.7 Å². The highest BCUT2D eigenvalue weighted by Crippen LogP contribution is 2.60. The molecule has 8 saturated carbocycles. The van der Waals surface area contributed by atoms with Gasteiger partial charge in [0.25, 0.3) is 0 Å². The second-order valence-corrected chi connectivity index (χ2v) is 33.1. The van der Waals surface area contributed by atoms with Crippen molar-refractivity contribution in [1.29, 1.82) is 0 Å². The van der Waals surface area contributed by atoms with Gasteiger partial charge in [0.15, 0.2) is 11.2 Å². The van der Waals surface area contributed by atoms with E-state index >= 15 is 0 Å². The van der Waals surface area contributed by atoms with E-state index in [1.807, 2.05) is 77.4 Å². The van der Waals surface area contributed by atoms with Gasteiger partial charge in [-0.15, -0.1) is 22.7 Å². The van der Waals surface area contributed by atoms with Crippen molar-refractivity contribution < 1.29 is 95.9 Å². The van der Waals surface area contributed by atoms with Gasteiger partial charge >= 0.3 is 47.8 Å². The number of thiophene rings is 2. The van der Waals surface area contributed by atoms with Gasteiger partial charge in [-0.2, -0.15) is 0 Å². The van der Waals surface area contributed by atoms with Crippen LogP contribution in [0.3, 0.4) is 0 Å². The molecule has 0 amide bonds. The molecule has 22 heteroatoms. The monoisotopic (exact) mass is 1410 g/mol. The molecule has 12 fully saturated rings. The number of carbonyl (C=O) groups is 8. The molecule has 6 unspecified atom stereocenters. The fraction of sp³-hybridized carbons (Fsp3) is 0.711. The lowest BCUT2D eigenvalue weighted by atomic mass is 9.52. The number of hydrogen-bond donors (Lipinski definition) is 2. The maximum Gasteiger partial charge on any atom is 0.347 e. The molecule has 0 aromatic carbocycles. The third-order valence-electron chi connectivity index (χ3n) is 21.3. The molecule has 6 heterocycles. The molecule has 12 aliphatic rings. The first-order chi connectivity index (χ1) is 45.9. The minimum Gasteiger partial charge on any atom is -0.463 e. The molecule has 8 bridgehead atoms. The summed E-state index contributed by atoms with van der Waals surface area (Å²) in [6.07, 6.45) is 15.9. The first-order valence-corrected chi connectivity index (χ1v) is 37.0. The smallest absolute Gasteiger partial charge is 0.347 e. The van der Waals surface area contributed by atoms with Crippen LogP contribution in [0.2, 0.25) is 0 Å². The molecule has 546 valence electrons. The van der Waals surface area contributed by atoms with Crippen LogP contribution in [0.25, 0.3) is 0 Å². The van der Waals surface area contributed by atoms with E-state index in [0.717, 1.165) is 86.8 Å². The fourth-order valence-electron chi connectivity index (χ4n) is 15.1. The highest BCUT2D eigenvalue weighted by molar-refractivity contribution is 7.10. The van der Waals surface area contributed by atoms with Crippen LogP contribution in [-0.2, 0) is 96.9 Å². The number of carbonyl (C=O) groups excluding carboxylic acids is 8. The van der Waals surface area contributed by atoms with Gasteiger partial charge in [0, 0.05) is 77.8 Å². The number of hydrogen-bond acceptors (Lipinski definition) is 22. The number of cyclic esters (lactones) is 2. The second kappa shape index (κ2) is 32.9. The van der Waals surface area contributed by atoms with E-state index in [0.29, 0.717) is 119 Å². The number of ether oxygens (including phenoxy) is 10. The van der Waals surface area contributed by atoms with Gasteiger partial charge in [-0.25, -0.2) is 24.0 Å². The molecule has 0 spiro atoms. The van der Waals surface area contributed by atoms with Crippen molar-refractivity contribution in [2.45, 2.75) is 264 Å². The lowest BCUT2D eigenvalue weighted by Crippen LogP contribution is -2.61. The summed E-state index contributed by atoms with van der Waals surface area (Å²) in [7, 11) is 0. The molecular weight excluding hydrogens is 1300 g/mol. The van der Waals surface area contributed by atoms with E-state index in [9.17, 15) is 48.6 Å². The van der Waals surface area contributed by atoms with Crippen molar-refractivity contribution in [2.75, 3.05) is 39.6 Å². The van der Waals surface area contributed by atoms with Crippen LogP contribution in [0.5, 0.6) is 0 Å². The van der Waals surface area contributed by atoms with Crippen LogP contribution in [0, 0.1) is 39.9 Å². The third kappa shape index (κ3) is 20.5. The summed E-state index contributed by atoms with van der Waals surface area (Å²) in [5, 5.41) is 25.2. The van der Waals surface area contributed by atoms with Crippen LogP contribution in [0.1, 0.15) is 228 Å². The molecule has 2 aromatic heterocycles. The lowest BCUT2D eigenvalue weighted by molar-refractivity contribution is -0.225. The summed E-state index contributed by atoms with van der Waals surface area (Å²) < 4.78 is 53.2. The summed E-state index contributed by atoms with van der Waals surface area (Å²) in [5.41, 5.74) is -3.05. The Bertz CT molecular complexity index is 3120. The Balaban J connectivity index is 0.000000167. The van der Waals surface area contributed by atoms with Crippen LogP contribution in [-0.4, -0.2) is 132 Å². The van der Waals surface area contributed by atoms with Gasteiger partial charge in [-0.3, -0.25) is 14.4 Å². The second-order valence-electron chi connectivity index (χ2n) is 31.2. The summed E-state index contributed by atoms with van der Waals surface area (Å²) in [4.78, 5) is 94.8. The van der Waals surface area contributed by atoms with Gasteiger partial charge in [-0.1, -0.05) is 52.6 Å². The zero-order valence-corrected chi connectivity index (χ0v) is 61.8. The molecule has 14 rings (SSSR count). The summed E-state index contributed by atoms with van der Waals surface area (Å²) >= 11 is 3.28. The van der Waals surface area contributed by atoms with E-state index in [2.05, 4.69) is 30.5 Å². The Morgan fingerprint density at radius 1 is 0.490 bits per heavy atom. The largest absolute Gasteiger partial charge is 0.463 e. The predicted molar refractivity (Wildman–Crippen MR) is 369 cm³/mol. The fourth-order valence-corrected chi connectivity index (χ4v) is 16.9. The Kier molecular flexibility index (Phi) is 26.7. The third-order valence-corrected chi connectivity index (χ3v) is 23.4. The molecule has 20 nitrogen and oxygen atoms in total. The van der Waals surface area contributed by atoms with E-state index in [4.69, 9.17) is 42.6 Å². The SMILES string of the molecule is C=C(C)C(=O)OC1(c2cccs2)CCOCC1.C=C(C)C(=O)OC12CC3CC(CC(O)(C3)C1)C2.C=C(C)C(=O)OC1CCOC1=O.CCC(C)(C)C(=O)OC1(c2cccs2)CCOCC1.CCC(C)(C)C(=O)OC12CC3CC(CC(O)(C3)C1)C2.CCC(C)(C)C(=O)OC1CCOC1=O. The van der Waals surface area contributed by atoms with Gasteiger partial charge < -0.3 is 57.6 Å². The van der Waals surface area contributed by atoms with Crippen molar-refractivity contribution in [1.82, 2.24) is 0 Å². The maximum atomic E-state index is 12.4. The molecule has 8 aliphatic carbocycles. The van der Waals surface area contributed by atoms with Crippen LogP contribution in [0.4, 0.5) is 0 Å². The minimum atomic E-state index is -0.728. The lowest BCUT2D eigenvalue weighted by Gasteiger charge is -2.59. The van der Waals surface area contributed by atoms with Crippen molar-refractivity contribution in [3.63, 3.8) is 0 Å². The quantitative estimate of drug-likeness (QED) is 0.0846. The van der Waals surface area contributed by atoms with Gasteiger partial charge in [0.1, 0.15) is 11.2 Å². The van der Waals surface area contributed by atoms with Crippen molar-refractivity contribution in [3.8, 4) is 0 Å². The molecule has 0 radical (unpaired) electrons. The maximum absolute atomic E-state index is 12.4. The van der Waals surface area contributed by atoms with E-state index in [-0.39, 0.29) is 41.0 Å². The minimum absolute atomic E-state index is 0.0828. The average Bonchev–Trinajstić information content (AvgIpc) is 1.00. The number of esters is 8. The number of rotatable bonds is 17. The zero-order chi connectivity index (χ0) is 72.3. The Hall–Kier alpha value is -5.78. The van der Waals surface area contributed by atoms with Crippen molar-refractivity contribution in [3.05, 3.63) is 81.2 Å². The summed E-state index contributed by atoms with van der Waals surface area (Å²) in [6.45, 7) is 36.1. The topological polar surface area (TPSA) is 269 Å². The van der Waals surface area contributed by atoms with Crippen LogP contribution in [0.15, 0.2) is 71.5 Å². The van der Waals surface area contributed by atoms with Gasteiger partial charge in [0.2, 0.25) is 12.2 Å². The molecular formula is C76H110O20S2. The van der Waals surface area contributed by atoms with E-state index < -0.39 is 74.4 Å². The zero-order valence-electron chi connectivity index (χ0n) is 60.2. The highest BCUT2D eigenvalue weighted by Gasteiger charge is 2.61. The molecule has 4 aliphatic heterocycles. The first-order valence-electron chi connectivity index (χ1n) is 35.2. The standard InChI is InChI=1S/C16H26O3.C15H22O3S.C14H20O3.C13H16O3S.C10H16O4.C8H10O4/c1-4-14(2,3)13(17)19-16-8-11-5-12(9-16)7-15(18,6-11)10-16;1-4-14(2,3)13(16)18-15(7-9-17-10-8-15)12-6-5-11-19-12;1-9(2)12(15)17-14-6-10-3-11(7-14)5-13(16,4-10)8-14;1-10(2)12(14)16-13(5-7-15-8-6-13)11-4-3-9-17-11;1-4-10(2,3)9(12)14-7-5-6-13-8(7)11;1-5(2)7(9)12-6-3-4-11-8(6)10/h11-12,18H,4-10H2,1-3H3;5-6,11H,4,7-10H2,1-3H3;10-11,16H,1,3-8H2,2H3;3-4,9H,1,5-8H2,2H3;7H,4-6H2,1-3H3;6H,1,3-4H2,2H3. The molecule has 6 atom stereocenters. The molecule has 2 aromatic rings.